The second-order valence-electron chi connectivity index (χ2n) is 5.76. The molecule has 0 aliphatic carbocycles. The zero-order chi connectivity index (χ0) is 15.1. The number of hydrogen-bond donors (Lipinski definition) is 2. The van der Waals surface area contributed by atoms with Crippen LogP contribution in [-0.4, -0.2) is 23.2 Å². The van der Waals surface area contributed by atoms with E-state index in [0.717, 1.165) is 5.56 Å². The highest BCUT2D eigenvalue weighted by Crippen LogP contribution is 2.40. The Labute approximate surface area is 128 Å². The molecule has 1 atom stereocenters. The van der Waals surface area contributed by atoms with Crippen LogP contribution in [0.1, 0.15) is 37.9 Å². The zero-order valence-corrected chi connectivity index (χ0v) is 13.1. The van der Waals surface area contributed by atoms with Gasteiger partial charge in [0.1, 0.15) is 11.6 Å². The Balaban J connectivity index is 2.40. The van der Waals surface area contributed by atoms with Crippen LogP contribution in [0.4, 0.5) is 0 Å². The summed E-state index contributed by atoms with van der Waals surface area (Å²) in [5.41, 5.74) is 0.836. The summed E-state index contributed by atoms with van der Waals surface area (Å²) in [6.07, 6.45) is 0.623. The average molecular weight is 318 g/mol. The fourth-order valence-corrected chi connectivity index (χ4v) is 2.77. The van der Waals surface area contributed by atoms with Crippen LogP contribution < -0.4 is 5.32 Å². The summed E-state index contributed by atoms with van der Waals surface area (Å²) in [5.74, 6) is -0.520. The second kappa shape index (κ2) is 5.43. The SMILES string of the molecule is CC(C)(C)OC(=O)C1NCCc2c1cc(Cl)c(O)c2Cl. The Morgan fingerprint density at radius 2 is 2.10 bits per heavy atom. The van der Waals surface area contributed by atoms with Gasteiger partial charge in [0, 0.05) is 6.54 Å². The van der Waals surface area contributed by atoms with E-state index < -0.39 is 11.6 Å². The first-order chi connectivity index (χ1) is 9.20. The highest BCUT2D eigenvalue weighted by atomic mass is 35.5. The van der Waals surface area contributed by atoms with Crippen molar-refractivity contribution in [1.29, 1.82) is 0 Å². The molecule has 110 valence electrons. The van der Waals surface area contributed by atoms with Crippen LogP contribution in [0.5, 0.6) is 5.75 Å². The third kappa shape index (κ3) is 3.03. The number of carbonyl (C=O) groups excluding carboxylic acids is 1. The predicted molar refractivity (Wildman–Crippen MR) is 78.4 cm³/mol. The molecule has 20 heavy (non-hydrogen) atoms. The van der Waals surface area contributed by atoms with Crippen molar-refractivity contribution in [2.45, 2.75) is 38.8 Å². The minimum Gasteiger partial charge on any atom is -0.505 e. The molecule has 6 heteroatoms. The number of rotatable bonds is 1. The molecule has 1 aromatic carbocycles. The molecule has 0 radical (unpaired) electrons. The van der Waals surface area contributed by atoms with E-state index >= 15 is 0 Å². The number of esters is 1. The number of nitrogens with one attached hydrogen (secondary N) is 1. The maximum Gasteiger partial charge on any atom is 0.328 e. The van der Waals surface area contributed by atoms with Crippen LogP contribution >= 0.6 is 23.2 Å². The lowest BCUT2D eigenvalue weighted by Gasteiger charge is -2.29. The van der Waals surface area contributed by atoms with E-state index in [9.17, 15) is 9.90 Å². The maximum absolute atomic E-state index is 12.3. The molecule has 0 saturated carbocycles. The number of phenols is 1. The number of carbonyl (C=O) groups is 1. The molecular weight excluding hydrogens is 301 g/mol. The molecule has 0 aromatic heterocycles. The molecule has 0 fully saturated rings. The smallest absolute Gasteiger partial charge is 0.328 e. The van der Waals surface area contributed by atoms with Crippen molar-refractivity contribution < 1.29 is 14.6 Å². The van der Waals surface area contributed by atoms with Crippen LogP contribution in [0.25, 0.3) is 0 Å². The van der Waals surface area contributed by atoms with Crippen LogP contribution in [0.15, 0.2) is 6.07 Å². The molecule has 0 spiro atoms. The Hall–Kier alpha value is -0.970. The van der Waals surface area contributed by atoms with E-state index in [4.69, 9.17) is 27.9 Å². The summed E-state index contributed by atoms with van der Waals surface area (Å²) in [5, 5.41) is 13.2. The number of fused-ring (bicyclic) bond motifs is 1. The van der Waals surface area contributed by atoms with Gasteiger partial charge in [-0.3, -0.25) is 0 Å². The number of aromatic hydroxyl groups is 1. The summed E-state index contributed by atoms with van der Waals surface area (Å²) in [6.45, 7) is 6.01. The first kappa shape index (κ1) is 15.4. The van der Waals surface area contributed by atoms with Crippen molar-refractivity contribution in [2.75, 3.05) is 6.54 Å². The van der Waals surface area contributed by atoms with E-state index in [-0.39, 0.29) is 21.8 Å². The molecule has 1 unspecified atom stereocenters. The van der Waals surface area contributed by atoms with Crippen LogP contribution in [0.2, 0.25) is 10.0 Å². The van der Waals surface area contributed by atoms with Gasteiger partial charge < -0.3 is 15.2 Å². The fourth-order valence-electron chi connectivity index (χ4n) is 2.20. The van der Waals surface area contributed by atoms with E-state index in [1.807, 2.05) is 20.8 Å². The van der Waals surface area contributed by atoms with Gasteiger partial charge in [-0.05, 0) is 44.4 Å². The van der Waals surface area contributed by atoms with Gasteiger partial charge in [0.2, 0.25) is 0 Å². The molecule has 1 heterocycles. The normalized spacial score (nSPS) is 18.6. The van der Waals surface area contributed by atoms with Crippen molar-refractivity contribution in [3.05, 3.63) is 27.2 Å². The van der Waals surface area contributed by atoms with Gasteiger partial charge in [-0.15, -0.1) is 0 Å². The molecule has 1 aromatic rings. The molecule has 1 aliphatic rings. The van der Waals surface area contributed by atoms with Crippen LogP contribution in [0.3, 0.4) is 0 Å². The van der Waals surface area contributed by atoms with Gasteiger partial charge in [0.25, 0.3) is 0 Å². The van der Waals surface area contributed by atoms with E-state index in [1.165, 1.54) is 0 Å². The number of ether oxygens (including phenoxy) is 1. The maximum atomic E-state index is 12.3. The van der Waals surface area contributed by atoms with Gasteiger partial charge >= 0.3 is 5.97 Å². The van der Waals surface area contributed by atoms with Crippen molar-refractivity contribution in [3.63, 3.8) is 0 Å². The lowest BCUT2D eigenvalue weighted by Crippen LogP contribution is -2.39. The molecule has 4 nitrogen and oxygen atoms in total. The quantitative estimate of drug-likeness (QED) is 0.781. The monoisotopic (exact) mass is 317 g/mol. The van der Waals surface area contributed by atoms with Crippen molar-refractivity contribution in [3.8, 4) is 5.75 Å². The minimum atomic E-state index is -0.617. The predicted octanol–water partition coefficient (Wildman–Crippen LogP) is 3.23. The third-order valence-corrected chi connectivity index (χ3v) is 3.70. The summed E-state index contributed by atoms with van der Waals surface area (Å²) >= 11 is 12.0. The van der Waals surface area contributed by atoms with Crippen molar-refractivity contribution in [1.82, 2.24) is 5.32 Å². The topological polar surface area (TPSA) is 58.6 Å². The van der Waals surface area contributed by atoms with Crippen molar-refractivity contribution in [2.24, 2.45) is 0 Å². The van der Waals surface area contributed by atoms with Gasteiger partial charge in [0.05, 0.1) is 10.0 Å². The molecule has 1 aliphatic heterocycles. The van der Waals surface area contributed by atoms with Gasteiger partial charge in [-0.1, -0.05) is 23.2 Å². The first-order valence-corrected chi connectivity index (χ1v) is 7.12. The number of hydrogen-bond acceptors (Lipinski definition) is 4. The molecule has 0 bridgehead atoms. The summed E-state index contributed by atoms with van der Waals surface area (Å²) < 4.78 is 5.39. The van der Waals surface area contributed by atoms with Gasteiger partial charge in [-0.2, -0.15) is 0 Å². The summed E-state index contributed by atoms with van der Waals surface area (Å²) in [4.78, 5) is 12.3. The number of halogens is 2. The highest BCUT2D eigenvalue weighted by molar-refractivity contribution is 6.37. The summed E-state index contributed by atoms with van der Waals surface area (Å²) in [6, 6.07) is 0.951. The average Bonchev–Trinajstić information content (AvgIpc) is 2.33. The third-order valence-electron chi connectivity index (χ3n) is 3.01. The fraction of sp³-hybridized carbons (Fsp3) is 0.500. The Morgan fingerprint density at radius 3 is 2.70 bits per heavy atom. The van der Waals surface area contributed by atoms with E-state index in [2.05, 4.69) is 5.32 Å². The number of phenolic OH excluding ortho intramolecular Hbond substituents is 1. The molecule has 2 rings (SSSR count). The highest BCUT2D eigenvalue weighted by Gasteiger charge is 2.32. The largest absolute Gasteiger partial charge is 0.505 e. The molecule has 0 amide bonds. The number of benzene rings is 1. The van der Waals surface area contributed by atoms with E-state index in [0.29, 0.717) is 18.5 Å². The summed E-state index contributed by atoms with van der Waals surface area (Å²) in [7, 11) is 0. The molecule has 0 saturated heterocycles. The van der Waals surface area contributed by atoms with Gasteiger partial charge in [0.15, 0.2) is 5.75 Å². The lowest BCUT2D eigenvalue weighted by molar-refractivity contribution is -0.157. The lowest BCUT2D eigenvalue weighted by atomic mass is 9.93. The molecule has 2 N–H and O–H groups in total. The van der Waals surface area contributed by atoms with Crippen LogP contribution in [0, 0.1) is 0 Å². The zero-order valence-electron chi connectivity index (χ0n) is 11.6. The van der Waals surface area contributed by atoms with E-state index in [1.54, 1.807) is 6.07 Å². The van der Waals surface area contributed by atoms with Crippen LogP contribution in [-0.2, 0) is 16.0 Å². The van der Waals surface area contributed by atoms with Gasteiger partial charge in [-0.25, -0.2) is 4.79 Å². The Morgan fingerprint density at radius 1 is 1.45 bits per heavy atom. The Kier molecular flexibility index (Phi) is 4.19. The van der Waals surface area contributed by atoms with Crippen molar-refractivity contribution >= 4 is 29.2 Å². The first-order valence-electron chi connectivity index (χ1n) is 6.36. The second-order valence-corrected chi connectivity index (χ2v) is 6.54. The standard InChI is InChI=1S/C14H17Cl2NO3/c1-14(2,3)20-13(19)11-8-6-9(15)12(18)10(16)7(8)4-5-17-11/h6,11,17-18H,4-5H2,1-3H3. The minimum absolute atomic E-state index is 0.131. The Bertz CT molecular complexity index is 552. The molecular formula is C14H17Cl2NO3.